The van der Waals surface area contributed by atoms with Gasteiger partial charge in [-0.05, 0) is 42.8 Å². The van der Waals surface area contributed by atoms with Gasteiger partial charge in [0.05, 0.1) is 12.2 Å². The number of aromatic carboxylic acids is 1. The lowest BCUT2D eigenvalue weighted by Gasteiger charge is -2.08. The average Bonchev–Trinajstić information content (AvgIpc) is 2.40. The first kappa shape index (κ1) is 13.5. The molecule has 0 saturated carbocycles. The molecular formula is C14H13BrN2O2. The van der Waals surface area contributed by atoms with Gasteiger partial charge in [0.2, 0.25) is 0 Å². The average molecular weight is 321 g/mol. The number of hydrogen-bond donors (Lipinski definition) is 2. The zero-order chi connectivity index (χ0) is 13.8. The summed E-state index contributed by atoms with van der Waals surface area (Å²) in [5.74, 6) is -1.01. The van der Waals surface area contributed by atoms with E-state index in [0.29, 0.717) is 12.2 Å². The first-order valence-electron chi connectivity index (χ1n) is 5.75. The number of carboxylic acid groups (broad SMARTS) is 1. The molecule has 0 fully saturated rings. The predicted octanol–water partition coefficient (Wildman–Crippen LogP) is 3.46. The molecule has 98 valence electrons. The molecule has 2 aromatic rings. The van der Waals surface area contributed by atoms with E-state index in [1.807, 2.05) is 25.1 Å². The first-order valence-corrected chi connectivity index (χ1v) is 6.55. The van der Waals surface area contributed by atoms with E-state index >= 15 is 0 Å². The lowest BCUT2D eigenvalue weighted by molar-refractivity contribution is 0.0690. The Morgan fingerprint density at radius 1 is 1.37 bits per heavy atom. The second-order valence-electron chi connectivity index (χ2n) is 4.14. The van der Waals surface area contributed by atoms with Crippen molar-refractivity contribution in [3.63, 3.8) is 0 Å². The third-order valence-corrected chi connectivity index (χ3v) is 3.55. The fraction of sp³-hybridized carbons (Fsp3) is 0.143. The molecule has 2 N–H and O–H groups in total. The van der Waals surface area contributed by atoms with Gasteiger partial charge < -0.3 is 10.4 Å². The largest absolute Gasteiger partial charge is 0.477 e. The minimum atomic E-state index is -1.01. The van der Waals surface area contributed by atoms with E-state index in [-0.39, 0.29) is 5.69 Å². The molecule has 4 nitrogen and oxygen atoms in total. The third-order valence-electron chi connectivity index (χ3n) is 2.66. The van der Waals surface area contributed by atoms with Gasteiger partial charge in [0.25, 0.3) is 0 Å². The van der Waals surface area contributed by atoms with Crippen molar-refractivity contribution < 1.29 is 9.90 Å². The quantitative estimate of drug-likeness (QED) is 0.905. The topological polar surface area (TPSA) is 62.2 Å². The standard InChI is InChI=1S/C14H13BrN2O2/c1-9-7-10(5-6-12(9)15)16-8-11-3-2-4-13(17-11)14(18)19/h2-7,16H,8H2,1H3,(H,18,19). The molecule has 5 heteroatoms. The molecule has 0 radical (unpaired) electrons. The predicted molar refractivity (Wildman–Crippen MR) is 77.4 cm³/mol. The van der Waals surface area contributed by atoms with Gasteiger partial charge in [-0.3, -0.25) is 0 Å². The van der Waals surface area contributed by atoms with Gasteiger partial charge in [-0.15, -0.1) is 0 Å². The zero-order valence-electron chi connectivity index (χ0n) is 10.4. The van der Waals surface area contributed by atoms with Gasteiger partial charge in [-0.25, -0.2) is 9.78 Å². The summed E-state index contributed by atoms with van der Waals surface area (Å²) in [4.78, 5) is 14.9. The Hall–Kier alpha value is -1.88. The van der Waals surface area contributed by atoms with E-state index < -0.39 is 5.97 Å². The van der Waals surface area contributed by atoms with Crippen LogP contribution in [-0.4, -0.2) is 16.1 Å². The Balaban J connectivity index is 2.07. The number of benzene rings is 1. The van der Waals surface area contributed by atoms with Crippen LogP contribution in [0.5, 0.6) is 0 Å². The van der Waals surface area contributed by atoms with Crippen molar-refractivity contribution in [1.29, 1.82) is 0 Å². The number of aryl methyl sites for hydroxylation is 1. The Morgan fingerprint density at radius 3 is 2.84 bits per heavy atom. The first-order chi connectivity index (χ1) is 9.06. The summed E-state index contributed by atoms with van der Waals surface area (Å²) in [5.41, 5.74) is 2.87. The summed E-state index contributed by atoms with van der Waals surface area (Å²) in [6.45, 7) is 2.50. The van der Waals surface area contributed by atoms with Crippen molar-refractivity contribution >= 4 is 27.6 Å². The van der Waals surface area contributed by atoms with Crippen LogP contribution in [0.4, 0.5) is 5.69 Å². The summed E-state index contributed by atoms with van der Waals surface area (Å²) >= 11 is 3.45. The lowest BCUT2D eigenvalue weighted by Crippen LogP contribution is -2.06. The Morgan fingerprint density at radius 2 is 2.16 bits per heavy atom. The summed E-state index contributed by atoms with van der Waals surface area (Å²) < 4.78 is 1.06. The Kier molecular flexibility index (Phi) is 4.16. The highest BCUT2D eigenvalue weighted by atomic mass is 79.9. The van der Waals surface area contributed by atoms with E-state index in [0.717, 1.165) is 15.7 Å². The van der Waals surface area contributed by atoms with Crippen LogP contribution in [-0.2, 0) is 6.54 Å². The molecule has 0 unspecified atom stereocenters. The molecule has 0 spiro atoms. The van der Waals surface area contributed by atoms with Crippen LogP contribution in [0.1, 0.15) is 21.7 Å². The molecule has 0 aliphatic rings. The number of carboxylic acids is 1. The fourth-order valence-corrected chi connectivity index (χ4v) is 1.89. The van der Waals surface area contributed by atoms with E-state index in [1.54, 1.807) is 12.1 Å². The molecule has 0 bridgehead atoms. The van der Waals surface area contributed by atoms with E-state index in [9.17, 15) is 4.79 Å². The van der Waals surface area contributed by atoms with Crippen LogP contribution in [0.2, 0.25) is 0 Å². The monoisotopic (exact) mass is 320 g/mol. The van der Waals surface area contributed by atoms with Gasteiger partial charge in [0, 0.05) is 10.2 Å². The normalized spacial score (nSPS) is 10.2. The maximum Gasteiger partial charge on any atom is 0.354 e. The molecule has 1 heterocycles. The number of nitrogens with one attached hydrogen (secondary N) is 1. The van der Waals surface area contributed by atoms with Crippen molar-refractivity contribution in [2.75, 3.05) is 5.32 Å². The highest BCUT2D eigenvalue weighted by molar-refractivity contribution is 9.10. The van der Waals surface area contributed by atoms with Crippen molar-refractivity contribution in [3.8, 4) is 0 Å². The number of aromatic nitrogens is 1. The lowest BCUT2D eigenvalue weighted by atomic mass is 10.2. The van der Waals surface area contributed by atoms with Gasteiger partial charge in [0.15, 0.2) is 0 Å². The van der Waals surface area contributed by atoms with Crippen LogP contribution in [0, 0.1) is 6.92 Å². The van der Waals surface area contributed by atoms with Gasteiger partial charge in [0.1, 0.15) is 5.69 Å². The number of nitrogens with zero attached hydrogens (tertiary/aromatic N) is 1. The van der Waals surface area contributed by atoms with Crippen LogP contribution in [0.3, 0.4) is 0 Å². The van der Waals surface area contributed by atoms with Gasteiger partial charge >= 0.3 is 5.97 Å². The molecular weight excluding hydrogens is 308 g/mol. The second kappa shape index (κ2) is 5.84. The van der Waals surface area contributed by atoms with Gasteiger partial charge in [-0.2, -0.15) is 0 Å². The van der Waals surface area contributed by atoms with Crippen LogP contribution < -0.4 is 5.32 Å². The molecule has 2 rings (SSSR count). The smallest absolute Gasteiger partial charge is 0.354 e. The fourth-order valence-electron chi connectivity index (χ4n) is 1.64. The minimum absolute atomic E-state index is 0.0614. The summed E-state index contributed by atoms with van der Waals surface area (Å²) in [6.07, 6.45) is 0. The van der Waals surface area contributed by atoms with Crippen molar-refractivity contribution in [2.24, 2.45) is 0 Å². The molecule has 0 aliphatic carbocycles. The molecule has 1 aromatic carbocycles. The van der Waals surface area contributed by atoms with Crippen molar-refractivity contribution in [3.05, 3.63) is 57.8 Å². The summed E-state index contributed by atoms with van der Waals surface area (Å²) in [7, 11) is 0. The SMILES string of the molecule is Cc1cc(NCc2cccc(C(=O)O)n2)ccc1Br. The molecule has 0 aliphatic heterocycles. The maximum atomic E-state index is 10.8. The molecule has 1 aromatic heterocycles. The van der Waals surface area contributed by atoms with Crippen molar-refractivity contribution in [1.82, 2.24) is 4.98 Å². The van der Waals surface area contributed by atoms with Crippen LogP contribution >= 0.6 is 15.9 Å². The van der Waals surface area contributed by atoms with E-state index in [4.69, 9.17) is 5.11 Å². The molecule has 0 atom stereocenters. The number of rotatable bonds is 4. The number of carbonyl (C=O) groups is 1. The van der Waals surface area contributed by atoms with E-state index in [2.05, 4.69) is 26.2 Å². The zero-order valence-corrected chi connectivity index (χ0v) is 11.9. The molecule has 0 saturated heterocycles. The Bertz CT molecular complexity index is 614. The number of hydrogen-bond acceptors (Lipinski definition) is 3. The number of pyridine rings is 1. The van der Waals surface area contributed by atoms with Crippen LogP contribution in [0.25, 0.3) is 0 Å². The van der Waals surface area contributed by atoms with Gasteiger partial charge in [-0.1, -0.05) is 22.0 Å². The number of halogens is 1. The summed E-state index contributed by atoms with van der Waals surface area (Å²) in [6, 6.07) is 10.9. The third kappa shape index (κ3) is 3.54. The molecule has 19 heavy (non-hydrogen) atoms. The Labute approximate surface area is 119 Å². The molecule has 0 amide bonds. The highest BCUT2D eigenvalue weighted by Crippen LogP contribution is 2.20. The maximum absolute atomic E-state index is 10.8. The summed E-state index contributed by atoms with van der Waals surface area (Å²) in [5, 5.41) is 12.1. The number of anilines is 1. The highest BCUT2D eigenvalue weighted by Gasteiger charge is 2.05. The second-order valence-corrected chi connectivity index (χ2v) is 4.99. The minimum Gasteiger partial charge on any atom is -0.477 e. The van der Waals surface area contributed by atoms with E-state index in [1.165, 1.54) is 6.07 Å². The van der Waals surface area contributed by atoms with Crippen molar-refractivity contribution in [2.45, 2.75) is 13.5 Å². The van der Waals surface area contributed by atoms with Crippen LogP contribution in [0.15, 0.2) is 40.9 Å².